The number of H-pyrrole nitrogens is 1. The predicted octanol–water partition coefficient (Wildman–Crippen LogP) is 3.19. The van der Waals surface area contributed by atoms with Crippen molar-refractivity contribution in [2.45, 2.75) is 20.4 Å². The molecule has 0 aliphatic rings. The van der Waals surface area contributed by atoms with Crippen molar-refractivity contribution >= 4 is 16.9 Å². The average molecular weight is 329 g/mol. The maximum absolute atomic E-state index is 12.2. The van der Waals surface area contributed by atoms with Crippen molar-refractivity contribution in [1.29, 1.82) is 0 Å². The quantitative estimate of drug-likeness (QED) is 0.727. The van der Waals surface area contributed by atoms with E-state index >= 15 is 0 Å². The Bertz CT molecular complexity index is 1020. The number of nitrogens with one attached hydrogen (secondary N) is 1. The van der Waals surface area contributed by atoms with E-state index in [0.29, 0.717) is 16.7 Å². The number of benzene rings is 1. The summed E-state index contributed by atoms with van der Waals surface area (Å²) in [5, 5.41) is 0.455. The lowest BCUT2D eigenvalue weighted by molar-refractivity contribution is 0.0526. The van der Waals surface area contributed by atoms with Gasteiger partial charge in [0.15, 0.2) is 0 Å². The van der Waals surface area contributed by atoms with E-state index < -0.39 is 18.1 Å². The van der Waals surface area contributed by atoms with E-state index in [1.54, 1.807) is 19.9 Å². The number of pyridine rings is 1. The standard InChI is InChI=1S/C18H17NO5/c1-3-22-18(21)16-11(2)24-15-7-6-13(9-14(15)16)23-10-12-5-4-8-19-17(12)20/h4-9H,3,10H2,1-2H3,(H,19,20)/i10D2. The first kappa shape index (κ1) is 13.4. The zero-order valence-corrected chi connectivity index (χ0v) is 13.2. The molecule has 0 aliphatic carbocycles. The third-order valence-electron chi connectivity index (χ3n) is 3.41. The van der Waals surface area contributed by atoms with Crippen LogP contribution in [0, 0.1) is 6.92 Å². The number of aromatic nitrogens is 1. The van der Waals surface area contributed by atoms with E-state index in [1.807, 2.05) is 0 Å². The van der Waals surface area contributed by atoms with Crippen molar-refractivity contribution in [1.82, 2.24) is 4.98 Å². The van der Waals surface area contributed by atoms with Gasteiger partial charge in [0.25, 0.3) is 5.56 Å². The van der Waals surface area contributed by atoms with Crippen LogP contribution in [-0.4, -0.2) is 17.6 Å². The molecule has 3 rings (SSSR count). The highest BCUT2D eigenvalue weighted by molar-refractivity contribution is 6.04. The lowest BCUT2D eigenvalue weighted by atomic mass is 10.1. The van der Waals surface area contributed by atoms with Crippen LogP contribution in [0.1, 0.15) is 31.3 Å². The maximum atomic E-state index is 12.2. The van der Waals surface area contributed by atoms with Gasteiger partial charge in [0, 0.05) is 11.6 Å². The topological polar surface area (TPSA) is 81.5 Å². The van der Waals surface area contributed by atoms with Crippen molar-refractivity contribution in [3.63, 3.8) is 0 Å². The largest absolute Gasteiger partial charge is 0.489 e. The molecule has 0 radical (unpaired) electrons. The molecule has 1 N–H and O–H groups in total. The summed E-state index contributed by atoms with van der Waals surface area (Å²) in [5.41, 5.74) is -0.0134. The van der Waals surface area contributed by atoms with Crippen LogP contribution in [0.4, 0.5) is 0 Å². The molecular formula is C18H17NO5. The third-order valence-corrected chi connectivity index (χ3v) is 3.41. The number of rotatable bonds is 5. The molecule has 2 aromatic heterocycles. The van der Waals surface area contributed by atoms with E-state index in [0.717, 1.165) is 0 Å². The molecule has 6 nitrogen and oxygen atoms in total. The fourth-order valence-electron chi connectivity index (χ4n) is 2.34. The van der Waals surface area contributed by atoms with Crippen LogP contribution in [0.25, 0.3) is 11.0 Å². The molecule has 0 unspecified atom stereocenters. The number of hydrogen-bond acceptors (Lipinski definition) is 5. The Hall–Kier alpha value is -3.02. The predicted molar refractivity (Wildman–Crippen MR) is 88.3 cm³/mol. The van der Waals surface area contributed by atoms with Gasteiger partial charge in [0.05, 0.1) is 14.9 Å². The van der Waals surface area contributed by atoms with E-state index in [2.05, 4.69) is 4.98 Å². The van der Waals surface area contributed by atoms with E-state index in [9.17, 15) is 9.59 Å². The maximum Gasteiger partial charge on any atom is 0.342 e. The molecule has 1 aromatic carbocycles. The zero-order chi connectivity index (χ0) is 18.9. The smallest absolute Gasteiger partial charge is 0.342 e. The van der Waals surface area contributed by atoms with E-state index in [4.69, 9.17) is 16.6 Å². The summed E-state index contributed by atoms with van der Waals surface area (Å²) >= 11 is 0. The molecule has 0 amide bonds. The molecule has 0 fully saturated rings. The Morgan fingerprint density at radius 1 is 1.38 bits per heavy atom. The summed E-state index contributed by atoms with van der Waals surface area (Å²) in [4.78, 5) is 26.4. The molecule has 3 aromatic rings. The number of esters is 1. The Labute approximate surface area is 140 Å². The van der Waals surface area contributed by atoms with Gasteiger partial charge in [-0.15, -0.1) is 0 Å². The first-order chi connectivity index (χ1) is 12.3. The average Bonchev–Trinajstić information content (AvgIpc) is 2.90. The lowest BCUT2D eigenvalue weighted by Crippen LogP contribution is -2.13. The van der Waals surface area contributed by atoms with Gasteiger partial charge in [-0.05, 0) is 44.2 Å². The minimum atomic E-state index is -2.36. The van der Waals surface area contributed by atoms with Crippen LogP contribution in [-0.2, 0) is 11.3 Å². The summed E-state index contributed by atoms with van der Waals surface area (Å²) in [5.74, 6) is 0.0265. The highest BCUT2D eigenvalue weighted by Crippen LogP contribution is 2.29. The first-order valence-corrected chi connectivity index (χ1v) is 7.41. The Balaban J connectivity index is 2.01. The molecule has 2 heterocycles. The van der Waals surface area contributed by atoms with Gasteiger partial charge in [0.2, 0.25) is 0 Å². The molecule has 24 heavy (non-hydrogen) atoms. The second kappa shape index (κ2) is 6.62. The van der Waals surface area contributed by atoms with Gasteiger partial charge in [-0.1, -0.05) is 0 Å². The highest BCUT2D eigenvalue weighted by Gasteiger charge is 2.19. The minimum Gasteiger partial charge on any atom is -0.489 e. The number of ether oxygens (including phenoxy) is 2. The van der Waals surface area contributed by atoms with Gasteiger partial charge in [-0.2, -0.15) is 0 Å². The summed E-state index contributed by atoms with van der Waals surface area (Å²) in [7, 11) is 0. The number of hydrogen-bond donors (Lipinski definition) is 1. The van der Waals surface area contributed by atoms with E-state index in [-0.39, 0.29) is 23.5 Å². The second-order valence-corrected chi connectivity index (χ2v) is 5.03. The fraction of sp³-hybridized carbons (Fsp3) is 0.222. The number of aryl methyl sites for hydroxylation is 1. The SMILES string of the molecule is [2H]C([2H])(Oc1ccc2oc(C)c(C(=O)OCC)c2c1)c1ccc[nH]c1=O. The Morgan fingerprint density at radius 3 is 2.96 bits per heavy atom. The summed E-state index contributed by atoms with van der Waals surface area (Å²) in [6, 6.07) is 7.44. The summed E-state index contributed by atoms with van der Waals surface area (Å²) < 4.78 is 32.1. The zero-order valence-electron chi connectivity index (χ0n) is 15.2. The van der Waals surface area contributed by atoms with Crippen LogP contribution in [0.5, 0.6) is 5.75 Å². The number of fused-ring (bicyclic) bond motifs is 1. The summed E-state index contributed by atoms with van der Waals surface area (Å²) in [6.07, 6.45) is 1.41. The van der Waals surface area contributed by atoms with Crippen LogP contribution in [0.2, 0.25) is 0 Å². The van der Waals surface area contributed by atoms with Crippen molar-refractivity contribution in [3.05, 3.63) is 63.8 Å². The molecule has 6 heteroatoms. The van der Waals surface area contributed by atoms with Crippen LogP contribution in [0.3, 0.4) is 0 Å². The van der Waals surface area contributed by atoms with Gasteiger partial charge in [-0.25, -0.2) is 4.79 Å². The number of aromatic amines is 1. The van der Waals surface area contributed by atoms with Crippen LogP contribution >= 0.6 is 0 Å². The van der Waals surface area contributed by atoms with Gasteiger partial charge < -0.3 is 18.9 Å². The molecule has 0 spiro atoms. The highest BCUT2D eigenvalue weighted by atomic mass is 16.5. The van der Waals surface area contributed by atoms with Crippen LogP contribution < -0.4 is 10.3 Å². The number of furan rings is 1. The fourth-order valence-corrected chi connectivity index (χ4v) is 2.34. The van der Waals surface area contributed by atoms with Crippen LogP contribution in [0.15, 0.2) is 45.7 Å². The van der Waals surface area contributed by atoms with Gasteiger partial charge in [0.1, 0.15) is 29.2 Å². The second-order valence-electron chi connectivity index (χ2n) is 5.03. The van der Waals surface area contributed by atoms with Crippen molar-refractivity contribution in [3.8, 4) is 5.75 Å². The molecule has 0 bridgehead atoms. The van der Waals surface area contributed by atoms with Crippen molar-refractivity contribution in [2.75, 3.05) is 6.61 Å². The first-order valence-electron chi connectivity index (χ1n) is 8.41. The number of carbonyl (C=O) groups excluding carboxylic acids is 1. The molecule has 0 saturated carbocycles. The molecule has 0 aliphatic heterocycles. The monoisotopic (exact) mass is 329 g/mol. The van der Waals surface area contributed by atoms with Gasteiger partial charge in [-0.3, -0.25) is 4.79 Å². The van der Waals surface area contributed by atoms with Crippen molar-refractivity contribution < 1.29 is 21.4 Å². The molecule has 124 valence electrons. The third kappa shape index (κ3) is 3.03. The molecular weight excluding hydrogens is 310 g/mol. The number of carbonyl (C=O) groups is 1. The summed E-state index contributed by atoms with van der Waals surface area (Å²) in [6.45, 7) is 1.22. The molecule has 0 saturated heterocycles. The molecule has 0 atom stereocenters. The van der Waals surface area contributed by atoms with E-state index in [1.165, 1.54) is 30.5 Å². The Kier molecular flexibility index (Phi) is 3.70. The lowest BCUT2D eigenvalue weighted by Gasteiger charge is -2.06. The normalized spacial score (nSPS) is 12.6. The van der Waals surface area contributed by atoms with Crippen molar-refractivity contribution in [2.24, 2.45) is 0 Å². The Morgan fingerprint density at radius 2 is 2.21 bits per heavy atom. The minimum absolute atomic E-state index is 0.150. The van der Waals surface area contributed by atoms with Gasteiger partial charge >= 0.3 is 5.97 Å².